The molecule has 0 aromatic carbocycles. The van der Waals surface area contributed by atoms with Gasteiger partial charge in [-0.2, -0.15) is 5.26 Å². The Hall–Kier alpha value is -1.34. The van der Waals surface area contributed by atoms with E-state index in [2.05, 4.69) is 12.1 Å². The first-order chi connectivity index (χ1) is 11.1. The van der Waals surface area contributed by atoms with Gasteiger partial charge in [0.2, 0.25) is 0 Å². The largest absolute Gasteiger partial charge is 0.299 e. The Morgan fingerprint density at radius 1 is 1.26 bits per heavy atom. The van der Waals surface area contributed by atoms with Crippen molar-refractivity contribution in [3.8, 4) is 6.07 Å². The van der Waals surface area contributed by atoms with Gasteiger partial charge in [-0.05, 0) is 75.3 Å². The van der Waals surface area contributed by atoms with Crippen molar-refractivity contribution in [2.45, 2.75) is 55.9 Å². The molecule has 4 saturated carbocycles. The number of ketones is 1. The first-order valence-corrected chi connectivity index (χ1v) is 9.60. The van der Waals surface area contributed by atoms with E-state index in [0.29, 0.717) is 11.3 Å². The van der Waals surface area contributed by atoms with Gasteiger partial charge in [0.05, 0.1) is 11.3 Å². The minimum Gasteiger partial charge on any atom is -0.299 e. The van der Waals surface area contributed by atoms with E-state index in [0.717, 1.165) is 22.8 Å². The number of rotatable bonds is 4. The number of hydrogen-bond acceptors (Lipinski definition) is 4. The van der Waals surface area contributed by atoms with Gasteiger partial charge in [-0.1, -0.05) is 11.8 Å². The molecule has 0 atom stereocenters. The third-order valence-electron chi connectivity index (χ3n) is 5.97. The SMILES string of the molecule is CC(=O)CSc1nc(C23CC4CC(CC(C4)C2)C3)ccc1C#N. The summed E-state index contributed by atoms with van der Waals surface area (Å²) in [6.07, 6.45) is 8.07. The van der Waals surface area contributed by atoms with E-state index < -0.39 is 0 Å². The van der Waals surface area contributed by atoms with E-state index in [9.17, 15) is 10.1 Å². The number of nitrogens with zero attached hydrogens (tertiary/aromatic N) is 2. The van der Waals surface area contributed by atoms with Crippen LogP contribution in [0.4, 0.5) is 0 Å². The Kier molecular flexibility index (Phi) is 3.72. The van der Waals surface area contributed by atoms with Crippen molar-refractivity contribution in [2.75, 3.05) is 5.75 Å². The molecule has 1 aromatic rings. The Morgan fingerprint density at radius 3 is 2.39 bits per heavy atom. The van der Waals surface area contributed by atoms with Gasteiger partial charge in [0, 0.05) is 11.1 Å². The van der Waals surface area contributed by atoms with E-state index in [-0.39, 0.29) is 11.2 Å². The van der Waals surface area contributed by atoms with Crippen molar-refractivity contribution in [1.82, 2.24) is 4.98 Å². The average molecular weight is 326 g/mol. The molecule has 1 aromatic heterocycles. The summed E-state index contributed by atoms with van der Waals surface area (Å²) in [6.45, 7) is 1.59. The number of thioether (sulfide) groups is 1. The summed E-state index contributed by atoms with van der Waals surface area (Å²) >= 11 is 1.41. The van der Waals surface area contributed by atoms with E-state index in [1.165, 1.54) is 56.0 Å². The second-order valence-corrected chi connectivity index (χ2v) is 8.81. The number of carbonyl (C=O) groups is 1. The third-order valence-corrected chi connectivity index (χ3v) is 7.11. The molecule has 4 heteroatoms. The first-order valence-electron chi connectivity index (χ1n) is 8.62. The predicted octanol–water partition coefficient (Wildman–Crippen LogP) is 4.10. The van der Waals surface area contributed by atoms with Crippen LogP contribution in [0.3, 0.4) is 0 Å². The van der Waals surface area contributed by atoms with Crippen molar-refractivity contribution in [3.63, 3.8) is 0 Å². The van der Waals surface area contributed by atoms with E-state index in [1.807, 2.05) is 6.07 Å². The zero-order valence-corrected chi connectivity index (χ0v) is 14.4. The molecule has 4 bridgehead atoms. The number of Topliss-reactive ketones (excluding diaryl/α,β-unsaturated/α-hetero) is 1. The van der Waals surface area contributed by atoms with E-state index in [1.54, 1.807) is 6.92 Å². The second kappa shape index (κ2) is 5.63. The van der Waals surface area contributed by atoms with Gasteiger partial charge < -0.3 is 0 Å². The van der Waals surface area contributed by atoms with Crippen LogP contribution >= 0.6 is 11.8 Å². The molecule has 0 aliphatic heterocycles. The summed E-state index contributed by atoms with van der Waals surface area (Å²) in [6, 6.07) is 6.23. The van der Waals surface area contributed by atoms with Gasteiger partial charge >= 0.3 is 0 Å². The molecule has 23 heavy (non-hydrogen) atoms. The third kappa shape index (κ3) is 2.70. The lowest BCUT2D eigenvalue weighted by Crippen LogP contribution is -2.49. The van der Waals surface area contributed by atoms with Gasteiger partial charge in [0.25, 0.3) is 0 Å². The van der Waals surface area contributed by atoms with Crippen LogP contribution in [-0.4, -0.2) is 16.5 Å². The molecule has 5 rings (SSSR count). The highest BCUT2D eigenvalue weighted by Gasteiger charge is 2.52. The molecule has 4 fully saturated rings. The fourth-order valence-corrected chi connectivity index (χ4v) is 6.30. The Balaban J connectivity index is 1.68. The molecule has 0 amide bonds. The van der Waals surface area contributed by atoms with Crippen molar-refractivity contribution in [3.05, 3.63) is 23.4 Å². The van der Waals surface area contributed by atoms with Gasteiger partial charge in [-0.15, -0.1) is 0 Å². The summed E-state index contributed by atoms with van der Waals surface area (Å²) in [7, 11) is 0. The summed E-state index contributed by atoms with van der Waals surface area (Å²) in [5, 5.41) is 10.1. The van der Waals surface area contributed by atoms with Gasteiger partial charge in [0.15, 0.2) is 0 Å². The number of pyridine rings is 1. The smallest absolute Gasteiger partial charge is 0.140 e. The maximum absolute atomic E-state index is 11.3. The van der Waals surface area contributed by atoms with Crippen LogP contribution in [-0.2, 0) is 10.2 Å². The standard InChI is InChI=1S/C19H22N2OS/c1-12(22)11-23-18-16(10-20)2-3-17(21-18)19-7-13-4-14(8-19)6-15(5-13)9-19/h2-3,13-15H,4-9,11H2,1H3. The molecule has 0 spiro atoms. The van der Waals surface area contributed by atoms with Gasteiger partial charge in [0.1, 0.15) is 16.9 Å². The average Bonchev–Trinajstić information content (AvgIpc) is 2.51. The Labute approximate surface area is 141 Å². The Bertz CT molecular complexity index is 656. The highest BCUT2D eigenvalue weighted by atomic mass is 32.2. The summed E-state index contributed by atoms with van der Waals surface area (Å²) in [4.78, 5) is 16.2. The van der Waals surface area contributed by atoms with Gasteiger partial charge in [-0.25, -0.2) is 4.98 Å². The zero-order valence-electron chi connectivity index (χ0n) is 13.5. The molecular formula is C19H22N2OS. The predicted molar refractivity (Wildman–Crippen MR) is 90.2 cm³/mol. The first kappa shape index (κ1) is 15.2. The van der Waals surface area contributed by atoms with Crippen LogP contribution in [0.2, 0.25) is 0 Å². The van der Waals surface area contributed by atoms with E-state index >= 15 is 0 Å². The molecule has 0 saturated heterocycles. The normalized spacial score (nSPS) is 34.3. The van der Waals surface area contributed by atoms with Crippen LogP contribution < -0.4 is 0 Å². The highest BCUT2D eigenvalue weighted by molar-refractivity contribution is 8.00. The maximum Gasteiger partial charge on any atom is 0.140 e. The lowest BCUT2D eigenvalue weighted by Gasteiger charge is -2.56. The number of aromatic nitrogens is 1. The van der Waals surface area contributed by atoms with Crippen molar-refractivity contribution in [2.24, 2.45) is 17.8 Å². The summed E-state index contributed by atoms with van der Waals surface area (Å²) in [5.41, 5.74) is 2.03. The maximum atomic E-state index is 11.3. The number of hydrogen-bond donors (Lipinski definition) is 0. The lowest BCUT2D eigenvalue weighted by atomic mass is 9.49. The second-order valence-electron chi connectivity index (χ2n) is 7.85. The quantitative estimate of drug-likeness (QED) is 0.782. The molecule has 4 aliphatic carbocycles. The Morgan fingerprint density at radius 2 is 1.87 bits per heavy atom. The van der Waals surface area contributed by atoms with Crippen molar-refractivity contribution < 1.29 is 4.79 Å². The van der Waals surface area contributed by atoms with Crippen LogP contribution in [0.5, 0.6) is 0 Å². The fourth-order valence-electron chi connectivity index (χ4n) is 5.53. The molecule has 0 unspecified atom stereocenters. The molecule has 3 nitrogen and oxygen atoms in total. The molecule has 1 heterocycles. The van der Waals surface area contributed by atoms with Crippen molar-refractivity contribution in [1.29, 1.82) is 5.26 Å². The molecule has 0 radical (unpaired) electrons. The molecule has 120 valence electrons. The minimum atomic E-state index is 0.126. The number of carbonyl (C=O) groups excluding carboxylic acids is 1. The molecule has 0 N–H and O–H groups in total. The van der Waals surface area contributed by atoms with E-state index in [4.69, 9.17) is 4.98 Å². The topological polar surface area (TPSA) is 53.8 Å². The molecule has 4 aliphatic rings. The van der Waals surface area contributed by atoms with Crippen LogP contribution in [0.1, 0.15) is 56.7 Å². The van der Waals surface area contributed by atoms with Crippen molar-refractivity contribution >= 4 is 17.5 Å². The van der Waals surface area contributed by atoms with Crippen LogP contribution in [0.25, 0.3) is 0 Å². The summed E-state index contributed by atoms with van der Waals surface area (Å²) < 4.78 is 0. The highest BCUT2D eigenvalue weighted by Crippen LogP contribution is 2.60. The summed E-state index contributed by atoms with van der Waals surface area (Å²) in [5.74, 6) is 3.17. The van der Waals surface area contributed by atoms with Gasteiger partial charge in [-0.3, -0.25) is 4.79 Å². The van der Waals surface area contributed by atoms with Crippen LogP contribution in [0.15, 0.2) is 17.2 Å². The fraction of sp³-hybridized carbons (Fsp3) is 0.632. The lowest BCUT2D eigenvalue weighted by molar-refractivity contribution is -0.114. The minimum absolute atomic E-state index is 0.126. The molecular weight excluding hydrogens is 304 g/mol. The van der Waals surface area contributed by atoms with Crippen LogP contribution in [0, 0.1) is 29.1 Å². The monoisotopic (exact) mass is 326 g/mol. The number of nitriles is 1. The zero-order chi connectivity index (χ0) is 16.0.